The summed E-state index contributed by atoms with van der Waals surface area (Å²) in [4.78, 5) is 0. The molecule has 3 aromatic heterocycles. The van der Waals surface area contributed by atoms with E-state index in [9.17, 15) is 0 Å². The van der Waals surface area contributed by atoms with E-state index in [1.54, 1.807) is 6.08 Å². The zero-order valence-corrected chi connectivity index (χ0v) is 21.3. The van der Waals surface area contributed by atoms with Crippen molar-refractivity contribution < 1.29 is 4.42 Å². The molecule has 5 aromatic carbocycles. The van der Waals surface area contributed by atoms with Gasteiger partial charge in [-0.1, -0.05) is 98.1 Å². The van der Waals surface area contributed by atoms with E-state index in [1.165, 1.54) is 21.5 Å². The lowest BCUT2D eigenvalue weighted by molar-refractivity contribution is 0.671. The van der Waals surface area contributed by atoms with Crippen LogP contribution >= 0.6 is 0 Å². The fourth-order valence-electron chi connectivity index (χ4n) is 6.28. The lowest BCUT2D eigenvalue weighted by Crippen LogP contribution is -1.95. The molecule has 0 spiro atoms. The van der Waals surface area contributed by atoms with Gasteiger partial charge in [0.1, 0.15) is 5.58 Å². The van der Waals surface area contributed by atoms with E-state index in [0.29, 0.717) is 0 Å². The van der Waals surface area contributed by atoms with Gasteiger partial charge in [-0.2, -0.15) is 0 Å². The summed E-state index contributed by atoms with van der Waals surface area (Å²) in [5.41, 5.74) is 8.18. The molecular weight excluding hydrogens is 476 g/mol. The van der Waals surface area contributed by atoms with Crippen molar-refractivity contribution in [2.24, 2.45) is 0 Å². The Balaban J connectivity index is 1.77. The molecule has 39 heavy (non-hydrogen) atoms. The van der Waals surface area contributed by atoms with Gasteiger partial charge >= 0.3 is 0 Å². The summed E-state index contributed by atoms with van der Waals surface area (Å²) >= 11 is 0. The minimum absolute atomic E-state index is 0.871. The van der Waals surface area contributed by atoms with Crippen molar-refractivity contribution in [3.63, 3.8) is 0 Å². The molecular formula is C36H24N2O. The van der Waals surface area contributed by atoms with Crippen LogP contribution in [0, 0.1) is 0 Å². The summed E-state index contributed by atoms with van der Waals surface area (Å²) < 4.78 is 11.4. The van der Waals surface area contributed by atoms with Gasteiger partial charge in [-0.05, 0) is 36.4 Å². The molecule has 0 aliphatic heterocycles. The molecule has 0 aliphatic rings. The first-order valence-corrected chi connectivity index (χ1v) is 13.1. The third-order valence-corrected chi connectivity index (χ3v) is 7.77. The SMILES string of the molecule is C=C/C=C\C(=C)n1c2ccccc2c2c3c4ccccc4n(-c4ccccc4)c3c3oc4ccccc4c3c21. The zero-order chi connectivity index (χ0) is 26.1. The number of hydrogen-bond acceptors (Lipinski definition) is 1. The van der Waals surface area contributed by atoms with Gasteiger partial charge in [-0.3, -0.25) is 0 Å². The van der Waals surface area contributed by atoms with Crippen LogP contribution in [0.15, 0.2) is 139 Å². The fraction of sp³-hybridized carbons (Fsp3) is 0. The molecule has 0 saturated heterocycles. The zero-order valence-electron chi connectivity index (χ0n) is 21.3. The van der Waals surface area contributed by atoms with Crippen molar-refractivity contribution in [2.75, 3.05) is 0 Å². The molecule has 8 aromatic rings. The van der Waals surface area contributed by atoms with Crippen LogP contribution in [-0.2, 0) is 0 Å². The predicted octanol–water partition coefficient (Wildman–Crippen LogP) is 10.0. The van der Waals surface area contributed by atoms with Crippen LogP contribution < -0.4 is 0 Å². The highest BCUT2D eigenvalue weighted by Crippen LogP contribution is 2.49. The summed E-state index contributed by atoms with van der Waals surface area (Å²) in [7, 11) is 0. The number of para-hydroxylation sites is 4. The van der Waals surface area contributed by atoms with Crippen LogP contribution in [0.25, 0.3) is 76.9 Å². The monoisotopic (exact) mass is 500 g/mol. The van der Waals surface area contributed by atoms with Crippen LogP contribution in [-0.4, -0.2) is 9.13 Å². The quantitative estimate of drug-likeness (QED) is 0.220. The highest BCUT2D eigenvalue weighted by Gasteiger charge is 2.27. The molecule has 0 radical (unpaired) electrons. The molecule has 8 rings (SSSR count). The van der Waals surface area contributed by atoms with Gasteiger partial charge < -0.3 is 13.6 Å². The molecule has 0 saturated carbocycles. The van der Waals surface area contributed by atoms with E-state index in [4.69, 9.17) is 4.42 Å². The molecule has 0 aliphatic carbocycles. The van der Waals surface area contributed by atoms with Crippen LogP contribution in [0.1, 0.15) is 0 Å². The van der Waals surface area contributed by atoms with E-state index in [2.05, 4.69) is 119 Å². The van der Waals surface area contributed by atoms with Crippen molar-refractivity contribution in [1.29, 1.82) is 0 Å². The van der Waals surface area contributed by atoms with Crippen molar-refractivity contribution in [3.05, 3.63) is 135 Å². The number of rotatable bonds is 4. The van der Waals surface area contributed by atoms with Gasteiger partial charge in [0.25, 0.3) is 0 Å². The Hall–Kier alpha value is -5.28. The normalized spacial score (nSPS) is 12.2. The summed E-state index contributed by atoms with van der Waals surface area (Å²) in [6, 6.07) is 36.2. The molecule has 0 bridgehead atoms. The molecule has 3 nitrogen and oxygen atoms in total. The first kappa shape index (κ1) is 21.8. The maximum Gasteiger partial charge on any atom is 0.162 e. The lowest BCUT2D eigenvalue weighted by Gasteiger charge is -2.10. The third-order valence-electron chi connectivity index (χ3n) is 7.77. The summed E-state index contributed by atoms with van der Waals surface area (Å²) in [5, 5.41) is 6.96. The third kappa shape index (κ3) is 2.87. The lowest BCUT2D eigenvalue weighted by atomic mass is 10.0. The Morgan fingerprint density at radius 3 is 2.03 bits per heavy atom. The van der Waals surface area contributed by atoms with Gasteiger partial charge in [0.15, 0.2) is 5.58 Å². The van der Waals surface area contributed by atoms with Gasteiger partial charge in [-0.15, -0.1) is 0 Å². The Kier molecular flexibility index (Phi) is 4.53. The first-order chi connectivity index (χ1) is 19.3. The summed E-state index contributed by atoms with van der Waals surface area (Å²) in [6.07, 6.45) is 5.74. The fourth-order valence-corrected chi connectivity index (χ4v) is 6.28. The number of aromatic nitrogens is 2. The van der Waals surface area contributed by atoms with Gasteiger partial charge in [0.05, 0.1) is 27.5 Å². The second-order valence-electron chi connectivity index (χ2n) is 9.88. The summed E-state index contributed by atoms with van der Waals surface area (Å²) in [6.45, 7) is 8.37. The Bertz CT molecular complexity index is 2310. The number of fused-ring (bicyclic) bond motifs is 12. The topological polar surface area (TPSA) is 23.0 Å². The number of nitrogens with zero attached hydrogens (tertiary/aromatic N) is 2. The molecule has 0 unspecified atom stereocenters. The molecule has 3 heteroatoms. The smallest absolute Gasteiger partial charge is 0.162 e. The van der Waals surface area contributed by atoms with Crippen molar-refractivity contribution in [2.45, 2.75) is 0 Å². The Morgan fingerprint density at radius 2 is 1.26 bits per heavy atom. The molecule has 184 valence electrons. The minimum Gasteiger partial charge on any atom is -0.454 e. The predicted molar refractivity (Wildman–Crippen MR) is 166 cm³/mol. The second-order valence-corrected chi connectivity index (χ2v) is 9.88. The molecule has 3 heterocycles. The van der Waals surface area contributed by atoms with Gasteiger partial charge in [0, 0.05) is 38.3 Å². The molecule has 0 N–H and O–H groups in total. The van der Waals surface area contributed by atoms with Gasteiger partial charge in [0.2, 0.25) is 0 Å². The standard InChI is InChI=1S/C36H24N2O/c1-3-4-14-23(2)37-28-20-11-8-17-25(28)31-32-26-18-9-12-21-29(26)38(24-15-6-5-7-16-24)35(32)36-33(34(31)37)27-19-10-13-22-30(27)39-36/h3-22H,1-2H2/b14-4-. The van der Waals surface area contributed by atoms with Gasteiger partial charge in [-0.25, -0.2) is 0 Å². The summed E-state index contributed by atoms with van der Waals surface area (Å²) in [5.74, 6) is 0. The molecule has 0 atom stereocenters. The number of furan rings is 1. The molecule has 0 fully saturated rings. The van der Waals surface area contributed by atoms with Crippen molar-refractivity contribution in [3.8, 4) is 5.69 Å². The van der Waals surface area contributed by atoms with E-state index in [1.807, 2.05) is 18.2 Å². The average Bonchev–Trinajstić information content (AvgIpc) is 3.64. The van der Waals surface area contributed by atoms with Crippen molar-refractivity contribution >= 4 is 71.2 Å². The maximum atomic E-state index is 6.78. The van der Waals surface area contributed by atoms with Crippen LogP contribution in [0.4, 0.5) is 0 Å². The molecule has 0 amide bonds. The Morgan fingerprint density at radius 1 is 0.641 bits per heavy atom. The Labute approximate surface area is 224 Å². The van der Waals surface area contributed by atoms with E-state index < -0.39 is 0 Å². The largest absolute Gasteiger partial charge is 0.454 e. The average molecular weight is 501 g/mol. The van der Waals surface area contributed by atoms with E-state index in [0.717, 1.165) is 55.4 Å². The second kappa shape index (κ2) is 8.11. The van der Waals surface area contributed by atoms with E-state index >= 15 is 0 Å². The first-order valence-electron chi connectivity index (χ1n) is 13.1. The van der Waals surface area contributed by atoms with E-state index in [-0.39, 0.29) is 0 Å². The van der Waals surface area contributed by atoms with Crippen LogP contribution in [0.5, 0.6) is 0 Å². The number of allylic oxidation sites excluding steroid dienone is 4. The number of benzene rings is 5. The number of hydrogen-bond donors (Lipinski definition) is 0. The van der Waals surface area contributed by atoms with Crippen LogP contribution in [0.2, 0.25) is 0 Å². The van der Waals surface area contributed by atoms with Crippen LogP contribution in [0.3, 0.4) is 0 Å². The maximum absolute atomic E-state index is 6.78. The minimum atomic E-state index is 0.871. The highest BCUT2D eigenvalue weighted by molar-refractivity contribution is 6.39. The highest BCUT2D eigenvalue weighted by atomic mass is 16.3. The van der Waals surface area contributed by atoms with Crippen molar-refractivity contribution in [1.82, 2.24) is 9.13 Å².